The van der Waals surface area contributed by atoms with Gasteiger partial charge in [0.05, 0.1) is 13.2 Å². The van der Waals surface area contributed by atoms with Crippen LogP contribution < -0.4 is 0 Å². The summed E-state index contributed by atoms with van der Waals surface area (Å²) >= 11 is 0. The van der Waals surface area contributed by atoms with Crippen LogP contribution in [-0.4, -0.2) is 39.8 Å². The molecule has 0 radical (unpaired) electrons. The van der Waals surface area contributed by atoms with Gasteiger partial charge >= 0.3 is 0 Å². The fourth-order valence-corrected chi connectivity index (χ4v) is 2.60. The number of furan rings is 1. The maximum Gasteiger partial charge on any atom is 0.255 e. The number of nitrogens with zero attached hydrogens (tertiary/aromatic N) is 1. The number of aryl methyl sites for hydroxylation is 1. The first-order valence-corrected chi connectivity index (χ1v) is 6.73. The molecule has 0 aromatic carbocycles. The average Bonchev–Trinajstić information content (AvgIpc) is 2.98. The monoisotopic (exact) mass is 267 g/mol. The normalized spacial score (nSPS) is 17.6. The van der Waals surface area contributed by atoms with Gasteiger partial charge in [0.1, 0.15) is 17.1 Å². The summed E-state index contributed by atoms with van der Waals surface area (Å²) in [6, 6.07) is 3.65. The average molecular weight is 267 g/mol. The Balaban J connectivity index is 2.08. The summed E-state index contributed by atoms with van der Waals surface area (Å²) in [5.41, 5.74) is -1.25. The van der Waals surface area contributed by atoms with Crippen LogP contribution in [0.5, 0.6) is 0 Å². The van der Waals surface area contributed by atoms with E-state index in [1.807, 2.05) is 19.1 Å². The van der Waals surface area contributed by atoms with E-state index in [0.717, 1.165) is 18.6 Å². The lowest BCUT2D eigenvalue weighted by Gasteiger charge is -2.29. The highest BCUT2D eigenvalue weighted by Crippen LogP contribution is 2.31. The van der Waals surface area contributed by atoms with E-state index in [4.69, 9.17) is 9.52 Å². The molecule has 1 aromatic rings. The molecular formula is C14H21NO4. The molecule has 1 aliphatic rings. The summed E-state index contributed by atoms with van der Waals surface area (Å²) in [4.78, 5) is 13.9. The first-order chi connectivity index (χ1) is 9.05. The second-order valence-electron chi connectivity index (χ2n) is 5.20. The predicted octanol–water partition coefficient (Wildman–Crippen LogP) is 1.21. The molecule has 1 heterocycles. The van der Waals surface area contributed by atoms with E-state index in [1.54, 1.807) is 0 Å². The topological polar surface area (TPSA) is 73.9 Å². The number of carbonyl (C=O) groups excluding carboxylic acids is 1. The van der Waals surface area contributed by atoms with Crippen molar-refractivity contribution in [3.63, 3.8) is 0 Å². The quantitative estimate of drug-likeness (QED) is 0.841. The Morgan fingerprint density at radius 3 is 2.63 bits per heavy atom. The summed E-state index contributed by atoms with van der Waals surface area (Å²) in [6.45, 7) is 2.21. The van der Waals surface area contributed by atoms with Gasteiger partial charge in [0, 0.05) is 6.54 Å². The van der Waals surface area contributed by atoms with Crippen molar-refractivity contribution in [3.05, 3.63) is 23.7 Å². The first kappa shape index (κ1) is 14.1. The minimum absolute atomic E-state index is 0.124. The molecule has 1 saturated carbocycles. The van der Waals surface area contributed by atoms with Crippen LogP contribution in [0.25, 0.3) is 0 Å². The molecule has 1 aliphatic carbocycles. The number of amides is 1. The number of aliphatic hydroxyl groups is 2. The molecule has 19 heavy (non-hydrogen) atoms. The zero-order valence-electron chi connectivity index (χ0n) is 11.3. The van der Waals surface area contributed by atoms with E-state index in [1.165, 1.54) is 4.90 Å². The van der Waals surface area contributed by atoms with Crippen LogP contribution in [-0.2, 0) is 11.3 Å². The third kappa shape index (κ3) is 3.16. The maximum absolute atomic E-state index is 12.4. The van der Waals surface area contributed by atoms with Gasteiger partial charge in [0.15, 0.2) is 0 Å². The van der Waals surface area contributed by atoms with Gasteiger partial charge in [0.25, 0.3) is 5.91 Å². The fraction of sp³-hybridized carbons (Fsp3) is 0.643. The minimum atomic E-state index is -1.25. The molecule has 0 atom stereocenters. The molecule has 106 valence electrons. The summed E-state index contributed by atoms with van der Waals surface area (Å²) in [6.07, 6.45) is 2.75. The third-order valence-electron chi connectivity index (χ3n) is 3.63. The van der Waals surface area contributed by atoms with Crippen LogP contribution >= 0.6 is 0 Å². The van der Waals surface area contributed by atoms with Crippen molar-refractivity contribution in [2.45, 2.75) is 44.8 Å². The Labute approximate surface area is 112 Å². The Hall–Kier alpha value is -1.33. The number of aliphatic hydroxyl groups excluding tert-OH is 1. The molecule has 0 aliphatic heterocycles. The van der Waals surface area contributed by atoms with E-state index < -0.39 is 5.60 Å². The molecule has 0 bridgehead atoms. The van der Waals surface area contributed by atoms with Crippen molar-refractivity contribution in [2.75, 3.05) is 13.2 Å². The van der Waals surface area contributed by atoms with E-state index >= 15 is 0 Å². The zero-order chi connectivity index (χ0) is 13.9. The highest BCUT2D eigenvalue weighted by molar-refractivity contribution is 5.85. The number of hydrogen-bond donors (Lipinski definition) is 2. The SMILES string of the molecule is Cc1ccc(CN(CCO)C(=O)C2(O)CCCC2)o1. The molecule has 1 amide bonds. The van der Waals surface area contributed by atoms with Gasteiger partial charge < -0.3 is 19.5 Å². The van der Waals surface area contributed by atoms with Crippen molar-refractivity contribution in [1.29, 1.82) is 0 Å². The maximum atomic E-state index is 12.4. The summed E-state index contributed by atoms with van der Waals surface area (Å²) in [7, 11) is 0. The van der Waals surface area contributed by atoms with Crippen LogP contribution in [0.3, 0.4) is 0 Å². The van der Waals surface area contributed by atoms with Crippen molar-refractivity contribution < 1.29 is 19.4 Å². The van der Waals surface area contributed by atoms with Gasteiger partial charge in [-0.15, -0.1) is 0 Å². The van der Waals surface area contributed by atoms with Crippen LogP contribution in [0.4, 0.5) is 0 Å². The Bertz CT molecular complexity index is 434. The Kier molecular flexibility index (Phi) is 4.27. The predicted molar refractivity (Wildman–Crippen MR) is 69.4 cm³/mol. The molecule has 2 rings (SSSR count). The van der Waals surface area contributed by atoms with E-state index in [0.29, 0.717) is 18.6 Å². The van der Waals surface area contributed by atoms with Crippen LogP contribution in [0.15, 0.2) is 16.5 Å². The molecule has 5 heteroatoms. The van der Waals surface area contributed by atoms with Crippen molar-refractivity contribution in [3.8, 4) is 0 Å². The fourth-order valence-electron chi connectivity index (χ4n) is 2.60. The second-order valence-corrected chi connectivity index (χ2v) is 5.20. The largest absolute Gasteiger partial charge is 0.464 e. The van der Waals surface area contributed by atoms with E-state index in [9.17, 15) is 9.90 Å². The number of rotatable bonds is 5. The molecular weight excluding hydrogens is 246 g/mol. The van der Waals surface area contributed by atoms with Crippen LogP contribution in [0, 0.1) is 6.92 Å². The molecule has 1 fully saturated rings. The third-order valence-corrected chi connectivity index (χ3v) is 3.63. The molecule has 0 unspecified atom stereocenters. The summed E-state index contributed by atoms with van der Waals surface area (Å²) in [5, 5.41) is 19.4. The number of carbonyl (C=O) groups is 1. The molecule has 0 saturated heterocycles. The van der Waals surface area contributed by atoms with Crippen molar-refractivity contribution in [2.24, 2.45) is 0 Å². The van der Waals surface area contributed by atoms with Gasteiger partial charge in [-0.3, -0.25) is 4.79 Å². The molecule has 5 nitrogen and oxygen atoms in total. The zero-order valence-corrected chi connectivity index (χ0v) is 11.3. The smallest absolute Gasteiger partial charge is 0.255 e. The number of hydrogen-bond acceptors (Lipinski definition) is 4. The van der Waals surface area contributed by atoms with E-state index in [2.05, 4.69) is 0 Å². The van der Waals surface area contributed by atoms with Crippen LogP contribution in [0.1, 0.15) is 37.2 Å². The van der Waals surface area contributed by atoms with Gasteiger partial charge in [-0.2, -0.15) is 0 Å². The van der Waals surface area contributed by atoms with Gasteiger partial charge in [-0.25, -0.2) is 0 Å². The lowest BCUT2D eigenvalue weighted by atomic mass is 10.0. The van der Waals surface area contributed by atoms with Gasteiger partial charge in [-0.05, 0) is 44.7 Å². The molecule has 0 spiro atoms. The Morgan fingerprint density at radius 1 is 1.42 bits per heavy atom. The highest BCUT2D eigenvalue weighted by Gasteiger charge is 2.41. The van der Waals surface area contributed by atoms with Crippen LogP contribution in [0.2, 0.25) is 0 Å². The minimum Gasteiger partial charge on any atom is -0.464 e. The van der Waals surface area contributed by atoms with E-state index in [-0.39, 0.29) is 25.6 Å². The standard InChI is InChI=1S/C14H21NO4/c1-11-4-5-12(19-11)10-15(8-9-16)13(17)14(18)6-2-3-7-14/h4-5,16,18H,2-3,6-10H2,1H3. The van der Waals surface area contributed by atoms with Crippen molar-refractivity contribution in [1.82, 2.24) is 4.90 Å². The molecule has 2 N–H and O–H groups in total. The molecule has 1 aromatic heterocycles. The van der Waals surface area contributed by atoms with Crippen molar-refractivity contribution >= 4 is 5.91 Å². The first-order valence-electron chi connectivity index (χ1n) is 6.73. The Morgan fingerprint density at radius 2 is 2.11 bits per heavy atom. The van der Waals surface area contributed by atoms with Gasteiger partial charge in [-0.1, -0.05) is 0 Å². The second kappa shape index (κ2) is 5.75. The summed E-state index contributed by atoms with van der Waals surface area (Å²) < 4.78 is 5.45. The lowest BCUT2D eigenvalue weighted by molar-refractivity contribution is -0.152. The van der Waals surface area contributed by atoms with Gasteiger partial charge in [0.2, 0.25) is 0 Å². The summed E-state index contributed by atoms with van der Waals surface area (Å²) in [5.74, 6) is 1.15. The highest BCUT2D eigenvalue weighted by atomic mass is 16.3. The lowest BCUT2D eigenvalue weighted by Crippen LogP contribution is -2.47.